The highest BCUT2D eigenvalue weighted by Crippen LogP contribution is 2.33. The Morgan fingerprint density at radius 1 is 1.04 bits per heavy atom. The Kier molecular flexibility index (Phi) is 5.10. The molecule has 28 heavy (non-hydrogen) atoms. The van der Waals surface area contributed by atoms with Crippen LogP contribution in [0.5, 0.6) is 0 Å². The molecule has 0 aliphatic heterocycles. The topological polar surface area (TPSA) is 77.0 Å². The van der Waals surface area contributed by atoms with Crippen molar-refractivity contribution >= 4 is 32.8 Å². The molecule has 140 valence electrons. The molecule has 4 aromatic rings. The van der Waals surface area contributed by atoms with E-state index in [0.29, 0.717) is 6.54 Å². The van der Waals surface area contributed by atoms with Crippen LogP contribution in [0.25, 0.3) is 16.5 Å². The van der Waals surface area contributed by atoms with E-state index in [1.54, 1.807) is 17.5 Å². The zero-order valence-electron chi connectivity index (χ0n) is 15.4. The number of benzene rings is 2. The predicted molar refractivity (Wildman–Crippen MR) is 119 cm³/mol. The number of rotatable bonds is 6. The molecule has 0 aliphatic rings. The lowest BCUT2D eigenvalue weighted by Gasteiger charge is -2.13. The van der Waals surface area contributed by atoms with Crippen LogP contribution in [0, 0.1) is 0 Å². The van der Waals surface area contributed by atoms with E-state index in [2.05, 4.69) is 53.3 Å². The minimum atomic E-state index is -0.256. The molecule has 1 unspecified atom stereocenters. The van der Waals surface area contributed by atoms with Crippen molar-refractivity contribution < 1.29 is 0 Å². The second-order valence-electron chi connectivity index (χ2n) is 6.66. The van der Waals surface area contributed by atoms with Crippen molar-refractivity contribution in [2.75, 3.05) is 5.73 Å². The highest BCUT2D eigenvalue weighted by atomic mass is 32.1. The number of hydrogen-bond acceptors (Lipinski definition) is 5. The quantitative estimate of drug-likeness (QED) is 0.449. The molecule has 0 spiro atoms. The molecule has 0 bridgehead atoms. The third kappa shape index (κ3) is 3.76. The molecule has 0 saturated carbocycles. The predicted octanol–water partition coefficient (Wildman–Crippen LogP) is 4.69. The van der Waals surface area contributed by atoms with Gasteiger partial charge >= 0.3 is 0 Å². The number of thiophene rings is 1. The molecule has 0 fully saturated rings. The minimum Gasteiger partial charge on any atom is -0.390 e. The van der Waals surface area contributed by atoms with Crippen LogP contribution in [-0.2, 0) is 6.54 Å². The Balaban J connectivity index is 1.50. The van der Waals surface area contributed by atoms with Crippen molar-refractivity contribution in [3.63, 3.8) is 0 Å². The number of nitrogen functional groups attached to an aromatic ring is 1. The first-order valence-corrected chi connectivity index (χ1v) is 9.90. The average molecular weight is 387 g/mol. The Morgan fingerprint density at radius 3 is 2.61 bits per heavy atom. The van der Waals surface area contributed by atoms with Crippen molar-refractivity contribution in [1.29, 1.82) is 0 Å². The van der Waals surface area contributed by atoms with Gasteiger partial charge in [0.15, 0.2) is 0 Å². The molecule has 2 aromatic carbocycles. The summed E-state index contributed by atoms with van der Waals surface area (Å²) >= 11 is 1.55. The van der Waals surface area contributed by atoms with Gasteiger partial charge in [-0.15, -0.1) is 11.3 Å². The molecule has 2 heterocycles. The number of hydrogen-bond donors (Lipinski definition) is 3. The third-order valence-electron chi connectivity index (χ3n) is 4.76. The lowest BCUT2D eigenvalue weighted by molar-refractivity contribution is 0.869. The molecular formula is C23H22N4S. The van der Waals surface area contributed by atoms with E-state index < -0.39 is 0 Å². The molecule has 2 aromatic heterocycles. The van der Waals surface area contributed by atoms with Gasteiger partial charge in [-0.1, -0.05) is 49.0 Å². The van der Waals surface area contributed by atoms with E-state index in [-0.39, 0.29) is 6.04 Å². The lowest BCUT2D eigenvalue weighted by Crippen LogP contribution is -2.13. The first-order chi connectivity index (χ1) is 13.6. The number of anilines is 1. The Morgan fingerprint density at radius 2 is 1.82 bits per heavy atom. The van der Waals surface area contributed by atoms with Crippen molar-refractivity contribution in [2.45, 2.75) is 12.6 Å². The average Bonchev–Trinajstić information content (AvgIpc) is 3.12. The van der Waals surface area contributed by atoms with Gasteiger partial charge in [0, 0.05) is 23.2 Å². The molecule has 0 amide bonds. The van der Waals surface area contributed by atoms with Crippen LogP contribution < -0.4 is 16.8 Å². The van der Waals surface area contributed by atoms with Crippen molar-refractivity contribution in [1.82, 2.24) is 10.3 Å². The maximum Gasteiger partial charge on any atom is 0.0911 e. The van der Waals surface area contributed by atoms with E-state index >= 15 is 0 Å². The maximum atomic E-state index is 6.55. The fraction of sp³-hybridized carbons (Fsp3) is 0.0870. The molecule has 0 aliphatic carbocycles. The summed E-state index contributed by atoms with van der Waals surface area (Å²) in [6.45, 7) is 4.69. The summed E-state index contributed by atoms with van der Waals surface area (Å²) in [4.78, 5) is 5.41. The largest absolute Gasteiger partial charge is 0.390 e. The van der Waals surface area contributed by atoms with Gasteiger partial charge in [0.05, 0.1) is 22.4 Å². The minimum absolute atomic E-state index is 0.256. The molecule has 5 heteroatoms. The number of nitrogens with zero attached hydrogens (tertiary/aromatic N) is 1. The van der Waals surface area contributed by atoms with Gasteiger partial charge in [0.1, 0.15) is 0 Å². The number of fused-ring (bicyclic) bond motifs is 1. The summed E-state index contributed by atoms with van der Waals surface area (Å²) in [5, 5.41) is 6.45. The molecule has 5 N–H and O–H groups in total. The first kappa shape index (κ1) is 18.2. The molecule has 0 saturated heterocycles. The van der Waals surface area contributed by atoms with Crippen LogP contribution in [0.2, 0.25) is 0 Å². The summed E-state index contributed by atoms with van der Waals surface area (Å²) in [6.07, 6.45) is 1.76. The second-order valence-corrected chi connectivity index (χ2v) is 7.83. The highest BCUT2D eigenvalue weighted by molar-refractivity contribution is 7.16. The fourth-order valence-corrected chi connectivity index (χ4v) is 4.13. The van der Waals surface area contributed by atoms with Crippen LogP contribution in [0.15, 0.2) is 79.5 Å². The van der Waals surface area contributed by atoms with Crippen LogP contribution in [-0.4, -0.2) is 4.98 Å². The Bertz CT molecular complexity index is 1120. The Labute approximate surface area is 168 Å². The number of nitrogens with two attached hydrogens (primary N) is 2. The van der Waals surface area contributed by atoms with Gasteiger partial charge in [-0.2, -0.15) is 0 Å². The second kappa shape index (κ2) is 7.84. The summed E-state index contributed by atoms with van der Waals surface area (Å²) in [5.41, 5.74) is 16.5. The maximum absolute atomic E-state index is 6.55. The highest BCUT2D eigenvalue weighted by Gasteiger charge is 2.16. The van der Waals surface area contributed by atoms with Gasteiger partial charge in [-0.05, 0) is 40.6 Å². The normalized spacial score (nSPS) is 12.0. The van der Waals surface area contributed by atoms with Gasteiger partial charge in [0.2, 0.25) is 0 Å². The van der Waals surface area contributed by atoms with Crippen LogP contribution >= 0.6 is 11.3 Å². The first-order valence-electron chi connectivity index (χ1n) is 9.08. The fourth-order valence-electron chi connectivity index (χ4n) is 3.21. The summed E-state index contributed by atoms with van der Waals surface area (Å²) in [5.74, 6) is 0. The smallest absolute Gasteiger partial charge is 0.0911 e. The van der Waals surface area contributed by atoms with Crippen LogP contribution in [0.3, 0.4) is 0 Å². The van der Waals surface area contributed by atoms with E-state index in [1.165, 1.54) is 10.8 Å². The van der Waals surface area contributed by atoms with Gasteiger partial charge in [-0.25, -0.2) is 0 Å². The van der Waals surface area contributed by atoms with E-state index in [4.69, 9.17) is 11.5 Å². The number of pyridine rings is 1. The summed E-state index contributed by atoms with van der Waals surface area (Å²) < 4.78 is 0. The Hall–Kier alpha value is -3.15. The van der Waals surface area contributed by atoms with Crippen molar-refractivity contribution in [3.05, 3.63) is 101 Å². The molecule has 1 atom stereocenters. The van der Waals surface area contributed by atoms with Gasteiger partial charge in [-0.3, -0.25) is 4.98 Å². The van der Waals surface area contributed by atoms with E-state index in [9.17, 15) is 0 Å². The molecule has 0 radical (unpaired) electrons. The van der Waals surface area contributed by atoms with Crippen LogP contribution in [0.4, 0.5) is 5.00 Å². The molecule has 4 nitrogen and oxygen atoms in total. The van der Waals surface area contributed by atoms with Gasteiger partial charge < -0.3 is 16.8 Å². The van der Waals surface area contributed by atoms with Crippen molar-refractivity contribution in [3.8, 4) is 0 Å². The zero-order chi connectivity index (χ0) is 19.5. The SMILES string of the molecule is C=C(NCc1cc(C(N)c2ccc3ccccc3c2)c(N)s1)c1ccccn1. The summed E-state index contributed by atoms with van der Waals surface area (Å²) in [6, 6.07) is 22.2. The summed E-state index contributed by atoms with van der Waals surface area (Å²) in [7, 11) is 0. The monoisotopic (exact) mass is 386 g/mol. The number of aromatic nitrogens is 1. The lowest BCUT2D eigenvalue weighted by atomic mass is 9.98. The van der Waals surface area contributed by atoms with Crippen LogP contribution in [0.1, 0.15) is 27.7 Å². The third-order valence-corrected chi connectivity index (χ3v) is 5.74. The standard InChI is InChI=1S/C23H22N4S/c1-15(21-8-4-5-11-26-21)27-14-19-13-20(23(25)28-19)22(24)18-10-9-16-6-2-3-7-17(16)12-18/h2-13,22,27H,1,14,24-25H2. The molecule has 4 rings (SSSR count). The van der Waals surface area contributed by atoms with Crippen molar-refractivity contribution in [2.24, 2.45) is 5.73 Å². The number of nitrogens with one attached hydrogen (secondary N) is 1. The zero-order valence-corrected chi connectivity index (χ0v) is 16.2. The van der Waals surface area contributed by atoms with E-state index in [1.807, 2.05) is 30.3 Å². The van der Waals surface area contributed by atoms with E-state index in [0.717, 1.165) is 32.4 Å². The van der Waals surface area contributed by atoms with Gasteiger partial charge in [0.25, 0.3) is 0 Å². The molecular weight excluding hydrogens is 364 g/mol.